The van der Waals surface area contributed by atoms with Crippen molar-refractivity contribution >= 4 is 11.9 Å². The highest BCUT2D eigenvalue weighted by Crippen LogP contribution is 2.49. The van der Waals surface area contributed by atoms with Crippen LogP contribution in [0.25, 0.3) is 0 Å². The maximum absolute atomic E-state index is 13.0. The van der Waals surface area contributed by atoms with Gasteiger partial charge in [0.05, 0.1) is 11.8 Å². The summed E-state index contributed by atoms with van der Waals surface area (Å²) in [5.74, 6) is -1.40. The van der Waals surface area contributed by atoms with Gasteiger partial charge in [0.15, 0.2) is 0 Å². The van der Waals surface area contributed by atoms with E-state index in [1.54, 1.807) is 0 Å². The van der Waals surface area contributed by atoms with Crippen molar-refractivity contribution in [3.05, 3.63) is 12.2 Å². The molecule has 20 heavy (non-hydrogen) atoms. The topological polar surface area (TPSA) is 57.6 Å². The monoisotopic (exact) mass is 277 g/mol. The molecule has 0 aromatic heterocycles. The van der Waals surface area contributed by atoms with Crippen molar-refractivity contribution in [3.63, 3.8) is 0 Å². The summed E-state index contributed by atoms with van der Waals surface area (Å²) in [4.78, 5) is 26.5. The fourth-order valence-electron chi connectivity index (χ4n) is 4.52. The predicted molar refractivity (Wildman–Crippen MR) is 75.0 cm³/mol. The van der Waals surface area contributed by atoms with Crippen molar-refractivity contribution in [2.75, 3.05) is 0 Å². The molecule has 0 spiro atoms. The first-order chi connectivity index (χ1) is 9.50. The molecule has 1 N–H and O–H groups in total. The average Bonchev–Trinajstić information content (AvgIpc) is 2.98. The Morgan fingerprint density at radius 1 is 1.05 bits per heavy atom. The molecular formula is C16H23NO3. The Morgan fingerprint density at radius 2 is 1.60 bits per heavy atom. The molecule has 2 aliphatic carbocycles. The maximum atomic E-state index is 13.0. The third-order valence-corrected chi connectivity index (χ3v) is 5.48. The van der Waals surface area contributed by atoms with E-state index >= 15 is 0 Å². The molecule has 110 valence electrons. The highest BCUT2D eigenvalue weighted by molar-refractivity contribution is 5.87. The highest BCUT2D eigenvalue weighted by Gasteiger charge is 2.53. The minimum atomic E-state index is -0.808. The van der Waals surface area contributed by atoms with Crippen LogP contribution in [0.15, 0.2) is 12.2 Å². The van der Waals surface area contributed by atoms with E-state index < -0.39 is 11.9 Å². The summed E-state index contributed by atoms with van der Waals surface area (Å²) < 4.78 is 0. The molecule has 1 aliphatic heterocycles. The van der Waals surface area contributed by atoms with Gasteiger partial charge in [-0.3, -0.25) is 9.59 Å². The fraction of sp³-hybridized carbons (Fsp3) is 0.750. The van der Waals surface area contributed by atoms with Gasteiger partial charge in [0.1, 0.15) is 0 Å². The Bertz CT molecular complexity index is 449. The van der Waals surface area contributed by atoms with Crippen LogP contribution in [0.2, 0.25) is 0 Å². The Hall–Kier alpha value is -1.32. The Balaban J connectivity index is 1.86. The third-order valence-electron chi connectivity index (χ3n) is 5.48. The van der Waals surface area contributed by atoms with Crippen molar-refractivity contribution in [1.29, 1.82) is 0 Å². The van der Waals surface area contributed by atoms with Gasteiger partial charge in [0, 0.05) is 12.1 Å². The number of carbonyl (C=O) groups is 2. The summed E-state index contributed by atoms with van der Waals surface area (Å²) in [6, 6.07) is 0.479. The molecule has 2 fully saturated rings. The average molecular weight is 277 g/mol. The molecule has 0 aromatic carbocycles. The van der Waals surface area contributed by atoms with Gasteiger partial charge in [-0.1, -0.05) is 12.2 Å². The standard InChI is InChI=1S/C16H23NO3/c1-9-4-3-5-10(2)17(9)15(18)13-11-6-7-12(8-11)14(13)16(19)20/h6-7,9-14H,3-5,8H2,1-2H3,(H,19,20)/t9-,10+,11-,12-,13+,14-/m0/s1. The van der Waals surface area contributed by atoms with Gasteiger partial charge in [0.2, 0.25) is 5.91 Å². The van der Waals surface area contributed by atoms with Crippen LogP contribution in [0.1, 0.15) is 39.5 Å². The third kappa shape index (κ3) is 1.97. The normalized spacial score (nSPS) is 43.0. The van der Waals surface area contributed by atoms with Crippen LogP contribution >= 0.6 is 0 Å². The molecule has 3 aliphatic rings. The van der Waals surface area contributed by atoms with Gasteiger partial charge in [-0.2, -0.15) is 0 Å². The van der Waals surface area contributed by atoms with Crippen molar-refractivity contribution < 1.29 is 14.7 Å². The van der Waals surface area contributed by atoms with E-state index in [9.17, 15) is 14.7 Å². The van der Waals surface area contributed by atoms with Crippen molar-refractivity contribution in [2.45, 2.75) is 51.6 Å². The van der Waals surface area contributed by atoms with Crippen LogP contribution < -0.4 is 0 Å². The number of carbonyl (C=O) groups excluding carboxylic acids is 1. The minimum absolute atomic E-state index is 0.0573. The first-order valence-electron chi connectivity index (χ1n) is 7.74. The number of rotatable bonds is 2. The van der Waals surface area contributed by atoms with E-state index in [0.717, 1.165) is 25.7 Å². The second-order valence-corrected chi connectivity index (χ2v) is 6.71. The number of piperidine rings is 1. The summed E-state index contributed by atoms with van der Waals surface area (Å²) in [5.41, 5.74) is 0. The zero-order valence-electron chi connectivity index (χ0n) is 12.2. The predicted octanol–water partition coefficient (Wildman–Crippen LogP) is 2.30. The van der Waals surface area contributed by atoms with Crippen molar-refractivity contribution in [3.8, 4) is 0 Å². The number of carboxylic acids is 1. The summed E-state index contributed by atoms with van der Waals surface area (Å²) in [6.07, 6.45) is 8.12. The van der Waals surface area contributed by atoms with Gasteiger partial charge in [0.25, 0.3) is 0 Å². The summed E-state index contributed by atoms with van der Waals surface area (Å²) in [5, 5.41) is 9.48. The summed E-state index contributed by atoms with van der Waals surface area (Å²) >= 11 is 0. The first-order valence-corrected chi connectivity index (χ1v) is 7.74. The van der Waals surface area contributed by atoms with Gasteiger partial charge >= 0.3 is 5.97 Å². The molecule has 3 rings (SSSR count). The molecule has 4 nitrogen and oxygen atoms in total. The van der Waals surface area contributed by atoms with Crippen molar-refractivity contribution in [2.24, 2.45) is 23.7 Å². The molecule has 1 saturated heterocycles. The van der Waals surface area contributed by atoms with Gasteiger partial charge in [-0.15, -0.1) is 0 Å². The van der Waals surface area contributed by atoms with Crippen LogP contribution in [0.5, 0.6) is 0 Å². The zero-order valence-corrected chi connectivity index (χ0v) is 12.2. The Morgan fingerprint density at radius 3 is 2.15 bits per heavy atom. The van der Waals surface area contributed by atoms with Gasteiger partial charge in [-0.05, 0) is 51.4 Å². The van der Waals surface area contributed by atoms with Crippen molar-refractivity contribution in [1.82, 2.24) is 4.90 Å². The highest BCUT2D eigenvalue weighted by atomic mass is 16.4. The Labute approximate surface area is 119 Å². The summed E-state index contributed by atoms with van der Waals surface area (Å²) in [7, 11) is 0. The zero-order chi connectivity index (χ0) is 14.4. The number of allylic oxidation sites excluding steroid dienone is 2. The number of aliphatic carboxylic acids is 1. The van der Waals surface area contributed by atoms with Crippen LogP contribution in [-0.4, -0.2) is 34.0 Å². The molecule has 0 radical (unpaired) electrons. The molecular weight excluding hydrogens is 254 g/mol. The van der Waals surface area contributed by atoms with Crippen LogP contribution in [0, 0.1) is 23.7 Å². The molecule has 1 amide bonds. The van der Waals surface area contributed by atoms with E-state index in [-0.39, 0.29) is 35.7 Å². The maximum Gasteiger partial charge on any atom is 0.307 e. The number of hydrogen-bond acceptors (Lipinski definition) is 2. The van der Waals surface area contributed by atoms with Gasteiger partial charge < -0.3 is 10.0 Å². The number of likely N-dealkylation sites (tertiary alicyclic amines) is 1. The van der Waals surface area contributed by atoms with E-state index in [4.69, 9.17) is 0 Å². The lowest BCUT2D eigenvalue weighted by molar-refractivity contribution is -0.154. The molecule has 6 atom stereocenters. The molecule has 0 aromatic rings. The lowest BCUT2D eigenvalue weighted by Gasteiger charge is -2.42. The number of nitrogens with zero attached hydrogens (tertiary/aromatic N) is 1. The smallest absolute Gasteiger partial charge is 0.307 e. The molecule has 1 heterocycles. The minimum Gasteiger partial charge on any atom is -0.481 e. The fourth-order valence-corrected chi connectivity index (χ4v) is 4.52. The van der Waals surface area contributed by atoms with E-state index in [1.807, 2.05) is 11.0 Å². The van der Waals surface area contributed by atoms with E-state index in [1.165, 1.54) is 0 Å². The largest absolute Gasteiger partial charge is 0.481 e. The lowest BCUT2D eigenvalue weighted by Crippen LogP contribution is -2.52. The molecule has 2 bridgehead atoms. The number of carboxylic acid groups (broad SMARTS) is 1. The lowest BCUT2D eigenvalue weighted by atomic mass is 9.81. The van der Waals surface area contributed by atoms with E-state index in [2.05, 4.69) is 19.9 Å². The molecule has 0 unspecified atom stereocenters. The second-order valence-electron chi connectivity index (χ2n) is 6.71. The van der Waals surface area contributed by atoms with Gasteiger partial charge in [-0.25, -0.2) is 0 Å². The number of hydrogen-bond donors (Lipinski definition) is 1. The van der Waals surface area contributed by atoms with Crippen LogP contribution in [0.3, 0.4) is 0 Å². The second kappa shape index (κ2) is 4.90. The summed E-state index contributed by atoms with van der Waals surface area (Å²) in [6.45, 7) is 4.18. The SMILES string of the molecule is C[C@@H]1CCC[C@H](C)N1C(=O)[C@H]1[C@@H](C(=O)O)[C@H]2C=C[C@H]1C2. The number of fused-ring (bicyclic) bond motifs is 2. The first kappa shape index (κ1) is 13.7. The van der Waals surface area contributed by atoms with E-state index in [0.29, 0.717) is 0 Å². The number of amides is 1. The molecule has 4 heteroatoms. The van der Waals surface area contributed by atoms with Crippen LogP contribution in [0.4, 0.5) is 0 Å². The quantitative estimate of drug-likeness (QED) is 0.788. The van der Waals surface area contributed by atoms with Crippen LogP contribution in [-0.2, 0) is 9.59 Å². The molecule has 1 saturated carbocycles. The Kier molecular flexibility index (Phi) is 3.35.